The van der Waals surface area contributed by atoms with E-state index in [0.717, 1.165) is 0 Å². The molecule has 18 heavy (non-hydrogen) atoms. The molecule has 0 saturated carbocycles. The Morgan fingerprint density at radius 1 is 1.44 bits per heavy atom. The van der Waals surface area contributed by atoms with Crippen LogP contribution in [0.3, 0.4) is 0 Å². The molecule has 1 aromatic carbocycles. The molecule has 1 amide bonds. The van der Waals surface area contributed by atoms with Crippen molar-refractivity contribution in [3.8, 4) is 0 Å². The first-order chi connectivity index (χ1) is 8.49. The monoisotopic (exact) mass is 268 g/mol. The van der Waals surface area contributed by atoms with Crippen molar-refractivity contribution in [3.05, 3.63) is 34.9 Å². The third-order valence-corrected chi connectivity index (χ3v) is 3.17. The fraction of sp³-hybridized carbons (Fsp3) is 0.333. The Kier molecular flexibility index (Phi) is 3.54. The van der Waals surface area contributed by atoms with Gasteiger partial charge in [0.25, 0.3) is 0 Å². The quantitative estimate of drug-likeness (QED) is 0.857. The molecule has 2 rings (SSSR count). The van der Waals surface area contributed by atoms with E-state index in [9.17, 15) is 14.7 Å². The predicted molar refractivity (Wildman–Crippen MR) is 66.1 cm³/mol. The van der Waals surface area contributed by atoms with E-state index in [4.69, 9.17) is 17.3 Å². The first kappa shape index (κ1) is 12.9. The Bertz CT molecular complexity index is 475. The summed E-state index contributed by atoms with van der Waals surface area (Å²) in [6.07, 6.45) is 0.192. The van der Waals surface area contributed by atoms with Crippen molar-refractivity contribution in [2.24, 2.45) is 5.73 Å². The van der Waals surface area contributed by atoms with Crippen LogP contribution in [0.4, 0.5) is 0 Å². The van der Waals surface area contributed by atoms with Gasteiger partial charge in [0, 0.05) is 24.0 Å². The molecule has 96 valence electrons. The number of carbonyl (C=O) groups excluding carboxylic acids is 1. The molecule has 0 bridgehead atoms. The lowest BCUT2D eigenvalue weighted by Crippen LogP contribution is -2.36. The van der Waals surface area contributed by atoms with Crippen LogP contribution < -0.4 is 5.73 Å². The summed E-state index contributed by atoms with van der Waals surface area (Å²) in [6.45, 7) is 0.262. The zero-order chi connectivity index (χ0) is 13.3. The minimum atomic E-state index is -1.07. The number of amides is 1. The van der Waals surface area contributed by atoms with E-state index in [1.54, 1.807) is 24.3 Å². The highest BCUT2D eigenvalue weighted by atomic mass is 35.5. The molecule has 5 nitrogen and oxygen atoms in total. The van der Waals surface area contributed by atoms with E-state index < -0.39 is 12.0 Å². The number of nitrogens with zero attached hydrogens (tertiary/aromatic N) is 1. The third-order valence-electron chi connectivity index (χ3n) is 2.92. The molecule has 2 unspecified atom stereocenters. The maximum atomic E-state index is 11.7. The zero-order valence-corrected chi connectivity index (χ0v) is 10.3. The van der Waals surface area contributed by atoms with Crippen LogP contribution in [0.5, 0.6) is 0 Å². The predicted octanol–water partition coefficient (Wildman–Crippen LogP) is 1.03. The molecule has 1 saturated heterocycles. The van der Waals surface area contributed by atoms with Crippen LogP contribution in [0.15, 0.2) is 24.3 Å². The molecule has 0 spiro atoms. The van der Waals surface area contributed by atoms with E-state index in [2.05, 4.69) is 0 Å². The largest absolute Gasteiger partial charge is 0.479 e. The number of aliphatic carboxylic acids is 1. The van der Waals surface area contributed by atoms with Crippen molar-refractivity contribution < 1.29 is 14.7 Å². The van der Waals surface area contributed by atoms with E-state index in [-0.39, 0.29) is 24.9 Å². The molecule has 1 aliphatic heterocycles. The number of carboxylic acids is 1. The lowest BCUT2D eigenvalue weighted by molar-refractivity contribution is -0.148. The maximum Gasteiger partial charge on any atom is 0.331 e. The molecule has 1 aliphatic rings. The Hall–Kier alpha value is -1.59. The molecule has 0 radical (unpaired) electrons. The number of benzene rings is 1. The molecule has 1 heterocycles. The van der Waals surface area contributed by atoms with Crippen molar-refractivity contribution >= 4 is 23.5 Å². The van der Waals surface area contributed by atoms with E-state index in [1.807, 2.05) is 0 Å². The third kappa shape index (κ3) is 2.47. The second-order valence-electron chi connectivity index (χ2n) is 4.30. The maximum absolute atomic E-state index is 11.7. The standard InChI is InChI=1S/C12H13ClN2O3/c13-8-3-1-7(2-4-8)11(12(17)18)15-6-9(14)5-10(15)16/h1-4,9,11H,5-6,14H2,(H,17,18). The van der Waals surface area contributed by atoms with Crippen molar-refractivity contribution in [2.75, 3.05) is 6.54 Å². The van der Waals surface area contributed by atoms with Gasteiger partial charge < -0.3 is 15.7 Å². The van der Waals surface area contributed by atoms with Gasteiger partial charge in [0.1, 0.15) is 0 Å². The number of nitrogens with two attached hydrogens (primary N) is 1. The second-order valence-corrected chi connectivity index (χ2v) is 4.74. The lowest BCUT2D eigenvalue weighted by Gasteiger charge is -2.24. The number of hydrogen-bond acceptors (Lipinski definition) is 3. The Morgan fingerprint density at radius 3 is 2.50 bits per heavy atom. The van der Waals surface area contributed by atoms with Crippen molar-refractivity contribution in [2.45, 2.75) is 18.5 Å². The van der Waals surface area contributed by atoms with Crippen LogP contribution in [0.1, 0.15) is 18.0 Å². The van der Waals surface area contributed by atoms with Crippen LogP contribution in [0.2, 0.25) is 5.02 Å². The fourth-order valence-electron chi connectivity index (χ4n) is 2.11. The molecular weight excluding hydrogens is 256 g/mol. The van der Waals surface area contributed by atoms with E-state index in [0.29, 0.717) is 10.6 Å². The topological polar surface area (TPSA) is 83.6 Å². The molecule has 0 aromatic heterocycles. The zero-order valence-electron chi connectivity index (χ0n) is 9.54. The number of carboxylic acid groups (broad SMARTS) is 1. The Balaban J connectivity index is 2.32. The van der Waals surface area contributed by atoms with Gasteiger partial charge in [0.15, 0.2) is 6.04 Å². The number of carbonyl (C=O) groups is 2. The van der Waals surface area contributed by atoms with Gasteiger partial charge in [-0.25, -0.2) is 4.79 Å². The average Bonchev–Trinajstić information content (AvgIpc) is 2.61. The molecule has 6 heteroatoms. The molecule has 3 N–H and O–H groups in total. The molecule has 2 atom stereocenters. The van der Waals surface area contributed by atoms with Gasteiger partial charge in [0.05, 0.1) is 0 Å². The van der Waals surface area contributed by atoms with Gasteiger partial charge in [0.2, 0.25) is 5.91 Å². The van der Waals surface area contributed by atoms with Gasteiger partial charge in [-0.2, -0.15) is 0 Å². The fourth-order valence-corrected chi connectivity index (χ4v) is 2.24. The highest BCUT2D eigenvalue weighted by Crippen LogP contribution is 2.26. The van der Waals surface area contributed by atoms with Crippen molar-refractivity contribution in [3.63, 3.8) is 0 Å². The van der Waals surface area contributed by atoms with Crippen LogP contribution >= 0.6 is 11.6 Å². The average molecular weight is 269 g/mol. The van der Waals surface area contributed by atoms with Crippen LogP contribution in [0, 0.1) is 0 Å². The number of rotatable bonds is 3. The lowest BCUT2D eigenvalue weighted by atomic mass is 10.1. The first-order valence-corrected chi connectivity index (χ1v) is 5.90. The minimum Gasteiger partial charge on any atom is -0.479 e. The van der Waals surface area contributed by atoms with E-state index >= 15 is 0 Å². The Labute approximate surface area is 109 Å². The second kappa shape index (κ2) is 4.96. The summed E-state index contributed by atoms with van der Waals surface area (Å²) >= 11 is 5.76. The smallest absolute Gasteiger partial charge is 0.331 e. The first-order valence-electron chi connectivity index (χ1n) is 5.52. The van der Waals surface area contributed by atoms with Gasteiger partial charge in [-0.3, -0.25) is 4.79 Å². The molecular formula is C12H13ClN2O3. The Morgan fingerprint density at radius 2 is 2.06 bits per heavy atom. The summed E-state index contributed by atoms with van der Waals surface area (Å²) in [7, 11) is 0. The van der Waals surface area contributed by atoms with Gasteiger partial charge in [-0.1, -0.05) is 23.7 Å². The molecule has 0 aliphatic carbocycles. The van der Waals surface area contributed by atoms with Gasteiger partial charge in [-0.05, 0) is 17.7 Å². The summed E-state index contributed by atoms with van der Waals surface area (Å²) in [5.74, 6) is -1.30. The molecule has 1 aromatic rings. The molecule has 1 fully saturated rings. The normalized spacial score (nSPS) is 21.1. The van der Waals surface area contributed by atoms with Crippen molar-refractivity contribution in [1.82, 2.24) is 4.90 Å². The van der Waals surface area contributed by atoms with Crippen LogP contribution in [-0.2, 0) is 9.59 Å². The summed E-state index contributed by atoms with van der Waals surface area (Å²) < 4.78 is 0. The van der Waals surface area contributed by atoms with Gasteiger partial charge >= 0.3 is 5.97 Å². The SMILES string of the molecule is NC1CC(=O)N(C(C(=O)O)c2ccc(Cl)cc2)C1. The summed E-state index contributed by atoms with van der Waals surface area (Å²) in [4.78, 5) is 24.4. The summed E-state index contributed by atoms with van der Waals surface area (Å²) in [5, 5.41) is 9.81. The van der Waals surface area contributed by atoms with E-state index in [1.165, 1.54) is 4.90 Å². The summed E-state index contributed by atoms with van der Waals surface area (Å²) in [6, 6.07) is 5.13. The summed E-state index contributed by atoms with van der Waals surface area (Å²) in [5.41, 5.74) is 6.20. The highest BCUT2D eigenvalue weighted by molar-refractivity contribution is 6.30. The van der Waals surface area contributed by atoms with Gasteiger partial charge in [-0.15, -0.1) is 0 Å². The number of likely N-dealkylation sites (tertiary alicyclic amines) is 1. The van der Waals surface area contributed by atoms with Crippen LogP contribution in [0.25, 0.3) is 0 Å². The van der Waals surface area contributed by atoms with Crippen LogP contribution in [-0.4, -0.2) is 34.5 Å². The number of halogens is 1. The highest BCUT2D eigenvalue weighted by Gasteiger charge is 2.37. The minimum absolute atomic E-state index is 0.192. The number of hydrogen-bond donors (Lipinski definition) is 2. The van der Waals surface area contributed by atoms with Crippen molar-refractivity contribution in [1.29, 1.82) is 0 Å².